The van der Waals surface area contributed by atoms with Crippen molar-refractivity contribution in [1.29, 1.82) is 0 Å². The Hall–Kier alpha value is -2.43. The highest BCUT2D eigenvalue weighted by atomic mass is 31.2. The number of esters is 1. The van der Waals surface area contributed by atoms with E-state index in [1.807, 2.05) is 36.4 Å². The summed E-state index contributed by atoms with van der Waals surface area (Å²) in [6.45, 7) is 1.63. The molecule has 2 aliphatic rings. The number of ether oxygens (including phenoxy) is 2. The van der Waals surface area contributed by atoms with Crippen molar-refractivity contribution in [1.82, 2.24) is 4.90 Å². The molecule has 1 aliphatic carbocycles. The van der Waals surface area contributed by atoms with E-state index >= 15 is 0 Å². The Morgan fingerprint density at radius 1 is 0.931 bits per heavy atom. The van der Waals surface area contributed by atoms with Gasteiger partial charge in [-0.15, -0.1) is 0 Å². The van der Waals surface area contributed by atoms with Crippen LogP contribution in [0.2, 0.25) is 0 Å². The molecule has 1 saturated heterocycles. The average Bonchev–Trinajstić information content (AvgIpc) is 3.61. The van der Waals surface area contributed by atoms with Crippen molar-refractivity contribution < 1.29 is 23.6 Å². The van der Waals surface area contributed by atoms with E-state index in [0.29, 0.717) is 49.8 Å². The molecule has 0 N–H and O–H groups in total. The molecule has 29 heavy (non-hydrogen) atoms. The van der Waals surface area contributed by atoms with E-state index in [1.54, 1.807) is 29.2 Å². The van der Waals surface area contributed by atoms with E-state index in [2.05, 4.69) is 0 Å². The fourth-order valence-corrected chi connectivity index (χ4v) is 7.38. The van der Waals surface area contributed by atoms with Crippen molar-refractivity contribution in [2.45, 2.75) is 18.0 Å². The van der Waals surface area contributed by atoms with E-state index < -0.39 is 18.3 Å². The second kappa shape index (κ2) is 8.13. The van der Waals surface area contributed by atoms with Gasteiger partial charge < -0.3 is 18.9 Å². The fourth-order valence-electron chi connectivity index (χ4n) is 3.85. The second-order valence-electron chi connectivity index (χ2n) is 7.38. The molecule has 4 rings (SSSR count). The molecule has 0 bridgehead atoms. The van der Waals surface area contributed by atoms with Crippen LogP contribution in [-0.4, -0.2) is 54.8 Å². The highest BCUT2D eigenvalue weighted by Crippen LogP contribution is 2.68. The zero-order chi connectivity index (χ0) is 20.3. The van der Waals surface area contributed by atoms with Gasteiger partial charge in [0.25, 0.3) is 5.91 Å². The van der Waals surface area contributed by atoms with Gasteiger partial charge >= 0.3 is 5.97 Å². The van der Waals surface area contributed by atoms with Crippen LogP contribution < -0.4 is 10.6 Å². The molecule has 6 nitrogen and oxygen atoms in total. The van der Waals surface area contributed by atoms with Crippen LogP contribution >= 0.6 is 7.14 Å². The van der Waals surface area contributed by atoms with Gasteiger partial charge in [0.1, 0.15) is 5.16 Å². The van der Waals surface area contributed by atoms with Crippen LogP contribution in [0.15, 0.2) is 60.7 Å². The number of carbonyl (C=O) groups is 2. The Morgan fingerprint density at radius 2 is 1.45 bits per heavy atom. The van der Waals surface area contributed by atoms with Crippen molar-refractivity contribution in [2.75, 3.05) is 32.9 Å². The van der Waals surface area contributed by atoms with Crippen molar-refractivity contribution >= 4 is 29.6 Å². The minimum absolute atomic E-state index is 0.244. The van der Waals surface area contributed by atoms with Crippen molar-refractivity contribution in [3.8, 4) is 0 Å². The summed E-state index contributed by atoms with van der Waals surface area (Å²) in [4.78, 5) is 27.1. The van der Waals surface area contributed by atoms with Gasteiger partial charge in [0.05, 0.1) is 13.2 Å². The van der Waals surface area contributed by atoms with Crippen molar-refractivity contribution in [2.24, 2.45) is 0 Å². The molecule has 7 heteroatoms. The van der Waals surface area contributed by atoms with Gasteiger partial charge in [-0.25, -0.2) is 0 Å². The van der Waals surface area contributed by atoms with Crippen LogP contribution in [0.4, 0.5) is 0 Å². The topological polar surface area (TPSA) is 72.9 Å². The molecule has 2 fully saturated rings. The average molecular weight is 413 g/mol. The normalized spacial score (nSPS) is 18.1. The maximum atomic E-state index is 14.5. The first-order valence-corrected chi connectivity index (χ1v) is 11.5. The number of amides is 1. The lowest BCUT2D eigenvalue weighted by atomic mass is 10.4. The van der Waals surface area contributed by atoms with Crippen LogP contribution in [0.3, 0.4) is 0 Å². The Balaban J connectivity index is 1.58. The van der Waals surface area contributed by atoms with Gasteiger partial charge in [0.15, 0.2) is 13.7 Å². The first-order chi connectivity index (χ1) is 14.1. The lowest BCUT2D eigenvalue weighted by molar-refractivity contribution is -0.153. The van der Waals surface area contributed by atoms with E-state index in [-0.39, 0.29) is 12.5 Å². The summed E-state index contributed by atoms with van der Waals surface area (Å²) in [6, 6.07) is 18.3. The number of nitrogens with zero attached hydrogens (tertiary/aromatic N) is 1. The zero-order valence-electron chi connectivity index (χ0n) is 16.2. The quantitative estimate of drug-likeness (QED) is 0.535. The smallest absolute Gasteiger partial charge is 0.320 e. The van der Waals surface area contributed by atoms with Crippen LogP contribution in [0.5, 0.6) is 0 Å². The molecule has 0 aromatic heterocycles. The molecule has 0 unspecified atom stereocenters. The number of benzene rings is 2. The number of rotatable bonds is 6. The van der Waals surface area contributed by atoms with Gasteiger partial charge in [-0.3, -0.25) is 9.59 Å². The third-order valence-corrected chi connectivity index (χ3v) is 9.52. The Bertz CT molecular complexity index is 877. The zero-order valence-corrected chi connectivity index (χ0v) is 17.1. The molecule has 2 aromatic carbocycles. The molecule has 0 spiro atoms. The number of hydrogen-bond donors (Lipinski definition) is 0. The van der Waals surface area contributed by atoms with Crippen LogP contribution in [0.25, 0.3) is 0 Å². The van der Waals surface area contributed by atoms with Gasteiger partial charge in [-0.2, -0.15) is 0 Å². The predicted octanol–water partition coefficient (Wildman–Crippen LogP) is 1.94. The predicted molar refractivity (Wildman–Crippen MR) is 110 cm³/mol. The first-order valence-electron chi connectivity index (χ1n) is 9.82. The molecule has 0 radical (unpaired) electrons. The molecule has 1 aliphatic heterocycles. The summed E-state index contributed by atoms with van der Waals surface area (Å²) in [6.07, 6.45) is 0.970. The number of morpholine rings is 1. The Labute approximate surface area is 170 Å². The van der Waals surface area contributed by atoms with Crippen LogP contribution in [-0.2, 0) is 23.6 Å². The minimum Gasteiger partial charge on any atom is -0.455 e. The monoisotopic (exact) mass is 413 g/mol. The van der Waals surface area contributed by atoms with Crippen LogP contribution in [0, 0.1) is 0 Å². The fraction of sp³-hybridized carbons (Fsp3) is 0.364. The third kappa shape index (κ3) is 3.63. The molecule has 1 amide bonds. The summed E-state index contributed by atoms with van der Waals surface area (Å²) < 4.78 is 25.1. The summed E-state index contributed by atoms with van der Waals surface area (Å²) in [5.41, 5.74) is 0. The van der Waals surface area contributed by atoms with Gasteiger partial charge in [-0.1, -0.05) is 60.7 Å². The number of hydrogen-bond acceptors (Lipinski definition) is 5. The molecule has 1 saturated carbocycles. The summed E-state index contributed by atoms with van der Waals surface area (Å²) in [5, 5.41) is 0.182. The first kappa shape index (κ1) is 19.9. The Morgan fingerprint density at radius 3 is 1.93 bits per heavy atom. The van der Waals surface area contributed by atoms with Gasteiger partial charge in [-0.05, 0) is 12.8 Å². The summed E-state index contributed by atoms with van der Waals surface area (Å²) in [7, 11) is -3.28. The Kier molecular flexibility index (Phi) is 5.57. The van der Waals surface area contributed by atoms with E-state index in [1.165, 1.54) is 0 Å². The molecule has 1 heterocycles. The highest BCUT2D eigenvalue weighted by molar-refractivity contribution is 7.81. The van der Waals surface area contributed by atoms with Crippen molar-refractivity contribution in [3.63, 3.8) is 0 Å². The number of carbonyl (C=O) groups excluding carboxylic acids is 2. The van der Waals surface area contributed by atoms with Gasteiger partial charge in [0, 0.05) is 23.7 Å². The second-order valence-corrected chi connectivity index (χ2v) is 10.5. The molecule has 152 valence electrons. The largest absolute Gasteiger partial charge is 0.455 e. The van der Waals surface area contributed by atoms with Crippen molar-refractivity contribution in [3.05, 3.63) is 60.7 Å². The summed E-state index contributed by atoms with van der Waals surface area (Å²) in [5.74, 6) is -0.790. The third-order valence-electron chi connectivity index (χ3n) is 5.64. The molecule has 0 atom stereocenters. The van der Waals surface area contributed by atoms with Gasteiger partial charge in [0.2, 0.25) is 0 Å². The maximum Gasteiger partial charge on any atom is 0.320 e. The standard InChI is InChI=1S/C22H24NO5P/c24-20(23-13-15-27-16-14-23)17-28-21(25)22(11-12-22)29(26,18-7-3-1-4-8-18)19-9-5-2-6-10-19/h1-10H,11-17H2. The maximum absolute atomic E-state index is 14.5. The van der Waals surface area contributed by atoms with Crippen LogP contribution in [0.1, 0.15) is 12.8 Å². The van der Waals surface area contributed by atoms with E-state index in [4.69, 9.17) is 9.47 Å². The lowest BCUT2D eigenvalue weighted by Gasteiger charge is -2.29. The SMILES string of the molecule is O=C(COC(=O)C1(P(=O)(c2ccccc2)c2ccccc2)CC1)N1CCOCC1. The highest BCUT2D eigenvalue weighted by Gasteiger charge is 2.65. The summed E-state index contributed by atoms with van der Waals surface area (Å²) >= 11 is 0. The minimum atomic E-state index is -3.28. The lowest BCUT2D eigenvalue weighted by Crippen LogP contribution is -2.43. The van der Waals surface area contributed by atoms with E-state index in [0.717, 1.165) is 0 Å². The van der Waals surface area contributed by atoms with E-state index in [9.17, 15) is 14.2 Å². The molecular weight excluding hydrogens is 389 g/mol. The molecule has 2 aromatic rings. The molecular formula is C22H24NO5P.